The van der Waals surface area contributed by atoms with Crippen LogP contribution in [0.15, 0.2) is 0 Å². The number of hydrogen-bond acceptors (Lipinski definition) is 2. The van der Waals surface area contributed by atoms with Crippen LogP contribution in [0.5, 0.6) is 0 Å². The molecule has 58 valence electrons. The van der Waals surface area contributed by atoms with Gasteiger partial charge in [-0.1, -0.05) is 0 Å². The van der Waals surface area contributed by atoms with Crippen molar-refractivity contribution < 1.29 is 18.3 Å². The Morgan fingerprint density at radius 3 is 2.50 bits per heavy atom. The summed E-state index contributed by atoms with van der Waals surface area (Å²) in [6.45, 7) is 0.872. The summed E-state index contributed by atoms with van der Waals surface area (Å²) in [5, 5.41) is 0. The van der Waals surface area contributed by atoms with Crippen molar-refractivity contribution in [3.8, 4) is 0 Å². The van der Waals surface area contributed by atoms with Crippen LogP contribution in [-0.4, -0.2) is 18.5 Å². The molecule has 4 heteroatoms. The van der Waals surface area contributed by atoms with Crippen LogP contribution in [0.2, 0.25) is 0 Å². The highest BCUT2D eigenvalue weighted by Crippen LogP contribution is 2.31. The fourth-order valence-electron chi connectivity index (χ4n) is 0.956. The lowest BCUT2D eigenvalue weighted by atomic mass is 10.0. The highest BCUT2D eigenvalue weighted by Gasteiger charge is 2.43. The fourth-order valence-corrected chi connectivity index (χ4v) is 0.956. The molecule has 1 heterocycles. The van der Waals surface area contributed by atoms with E-state index in [1.54, 1.807) is 0 Å². The summed E-state index contributed by atoms with van der Waals surface area (Å²) in [5.41, 5.74) is 0. The highest BCUT2D eigenvalue weighted by atomic mass is 19.3. The Hall–Kier alpha value is -0.670. The van der Waals surface area contributed by atoms with E-state index in [-0.39, 0.29) is 13.0 Å². The Morgan fingerprint density at radius 2 is 2.30 bits per heavy atom. The first-order valence-electron chi connectivity index (χ1n) is 3.06. The van der Waals surface area contributed by atoms with Crippen molar-refractivity contribution in [3.05, 3.63) is 0 Å². The molecule has 1 atom stereocenters. The van der Waals surface area contributed by atoms with E-state index in [4.69, 9.17) is 0 Å². The zero-order valence-electron chi connectivity index (χ0n) is 5.56. The lowest BCUT2D eigenvalue weighted by Crippen LogP contribution is -2.27. The molecule has 0 aliphatic carbocycles. The van der Waals surface area contributed by atoms with Crippen molar-refractivity contribution in [2.45, 2.75) is 19.3 Å². The average molecular weight is 150 g/mol. The van der Waals surface area contributed by atoms with Crippen LogP contribution in [0, 0.1) is 5.92 Å². The number of ether oxygens (including phenoxy) is 1. The van der Waals surface area contributed by atoms with Crippen LogP contribution >= 0.6 is 0 Å². The number of rotatable bonds is 1. The average Bonchev–Trinajstić information content (AvgIpc) is 2.11. The second-order valence-corrected chi connectivity index (χ2v) is 2.47. The maximum absolute atomic E-state index is 12.4. The standard InChI is InChI=1S/C6H8F2O2/c1-6(7,8)4-2-3-10-5(4)9/h4H,2-3H2,1H3. The molecule has 0 aromatic rings. The maximum Gasteiger partial charge on any atom is 0.315 e. The van der Waals surface area contributed by atoms with Crippen molar-refractivity contribution >= 4 is 5.97 Å². The molecular weight excluding hydrogens is 142 g/mol. The largest absolute Gasteiger partial charge is 0.465 e. The topological polar surface area (TPSA) is 26.3 Å². The van der Waals surface area contributed by atoms with Crippen LogP contribution in [0.1, 0.15) is 13.3 Å². The van der Waals surface area contributed by atoms with Gasteiger partial charge < -0.3 is 4.74 Å². The minimum Gasteiger partial charge on any atom is -0.465 e. The van der Waals surface area contributed by atoms with E-state index < -0.39 is 17.8 Å². The van der Waals surface area contributed by atoms with Gasteiger partial charge in [0.1, 0.15) is 5.92 Å². The zero-order chi connectivity index (χ0) is 7.78. The Kier molecular flexibility index (Phi) is 1.62. The Balaban J connectivity index is 2.64. The van der Waals surface area contributed by atoms with Gasteiger partial charge in [0.2, 0.25) is 0 Å². The third kappa shape index (κ3) is 1.25. The highest BCUT2D eigenvalue weighted by molar-refractivity contribution is 5.75. The van der Waals surface area contributed by atoms with Gasteiger partial charge >= 0.3 is 5.97 Å². The molecule has 0 amide bonds. The van der Waals surface area contributed by atoms with Gasteiger partial charge in [0, 0.05) is 13.3 Å². The van der Waals surface area contributed by atoms with E-state index in [0.717, 1.165) is 6.92 Å². The van der Waals surface area contributed by atoms with Crippen LogP contribution in [-0.2, 0) is 9.53 Å². The molecule has 1 aliphatic heterocycles. The van der Waals surface area contributed by atoms with Gasteiger partial charge in [-0.3, -0.25) is 4.79 Å². The van der Waals surface area contributed by atoms with Gasteiger partial charge in [-0.05, 0) is 0 Å². The van der Waals surface area contributed by atoms with Crippen molar-refractivity contribution in [3.63, 3.8) is 0 Å². The third-order valence-corrected chi connectivity index (χ3v) is 1.55. The molecule has 1 unspecified atom stereocenters. The number of cyclic esters (lactones) is 1. The summed E-state index contributed by atoms with van der Waals surface area (Å²) in [6, 6.07) is 0. The molecule has 1 rings (SSSR count). The summed E-state index contributed by atoms with van der Waals surface area (Å²) in [7, 11) is 0. The van der Waals surface area contributed by atoms with E-state index in [2.05, 4.69) is 4.74 Å². The summed E-state index contributed by atoms with van der Waals surface area (Å²) in [4.78, 5) is 10.5. The summed E-state index contributed by atoms with van der Waals surface area (Å²) in [6.07, 6.45) is 0.141. The molecule has 1 saturated heterocycles. The predicted molar refractivity (Wildman–Crippen MR) is 29.7 cm³/mol. The number of halogens is 2. The Labute approximate surface area is 57.2 Å². The SMILES string of the molecule is CC(F)(F)C1CCOC1=O. The smallest absolute Gasteiger partial charge is 0.315 e. The molecule has 10 heavy (non-hydrogen) atoms. The molecular formula is C6H8F2O2. The monoisotopic (exact) mass is 150 g/mol. The van der Waals surface area contributed by atoms with Gasteiger partial charge in [-0.2, -0.15) is 0 Å². The minimum absolute atomic E-state index is 0.132. The number of carbonyl (C=O) groups excluding carboxylic acids is 1. The lowest BCUT2D eigenvalue weighted by Gasteiger charge is -2.13. The zero-order valence-corrected chi connectivity index (χ0v) is 5.56. The third-order valence-electron chi connectivity index (χ3n) is 1.55. The second-order valence-electron chi connectivity index (χ2n) is 2.47. The lowest BCUT2D eigenvalue weighted by molar-refractivity contribution is -0.150. The van der Waals surface area contributed by atoms with Crippen LogP contribution in [0.3, 0.4) is 0 Å². The van der Waals surface area contributed by atoms with Crippen LogP contribution in [0.25, 0.3) is 0 Å². The molecule has 0 radical (unpaired) electrons. The van der Waals surface area contributed by atoms with Crippen LogP contribution in [0.4, 0.5) is 8.78 Å². The molecule has 0 bridgehead atoms. The first-order valence-corrected chi connectivity index (χ1v) is 3.06. The molecule has 2 nitrogen and oxygen atoms in total. The summed E-state index contributed by atoms with van der Waals surface area (Å²) >= 11 is 0. The Morgan fingerprint density at radius 1 is 1.70 bits per heavy atom. The van der Waals surface area contributed by atoms with E-state index >= 15 is 0 Å². The maximum atomic E-state index is 12.4. The van der Waals surface area contributed by atoms with Gasteiger partial charge in [0.15, 0.2) is 0 Å². The molecule has 0 aromatic heterocycles. The summed E-state index contributed by atoms with van der Waals surface area (Å²) in [5.74, 6) is -4.91. The molecule has 0 saturated carbocycles. The van der Waals surface area contributed by atoms with Gasteiger partial charge in [0.25, 0.3) is 5.92 Å². The van der Waals surface area contributed by atoms with Gasteiger partial charge in [-0.25, -0.2) is 8.78 Å². The van der Waals surface area contributed by atoms with E-state index in [1.807, 2.05) is 0 Å². The molecule has 1 fully saturated rings. The van der Waals surface area contributed by atoms with Gasteiger partial charge in [0.05, 0.1) is 6.61 Å². The van der Waals surface area contributed by atoms with E-state index in [0.29, 0.717) is 0 Å². The van der Waals surface area contributed by atoms with Crippen molar-refractivity contribution in [1.82, 2.24) is 0 Å². The predicted octanol–water partition coefficient (Wildman–Crippen LogP) is 1.20. The quantitative estimate of drug-likeness (QED) is 0.525. The van der Waals surface area contributed by atoms with Crippen molar-refractivity contribution in [1.29, 1.82) is 0 Å². The number of alkyl halides is 2. The number of carbonyl (C=O) groups is 1. The first kappa shape index (κ1) is 7.44. The fraction of sp³-hybridized carbons (Fsp3) is 0.833. The number of hydrogen-bond donors (Lipinski definition) is 0. The molecule has 0 aromatic carbocycles. The number of esters is 1. The summed E-state index contributed by atoms with van der Waals surface area (Å²) < 4.78 is 29.1. The van der Waals surface area contributed by atoms with Crippen molar-refractivity contribution in [2.24, 2.45) is 5.92 Å². The van der Waals surface area contributed by atoms with Gasteiger partial charge in [-0.15, -0.1) is 0 Å². The Bertz CT molecular complexity index is 150. The van der Waals surface area contributed by atoms with Crippen LogP contribution < -0.4 is 0 Å². The minimum atomic E-state index is -2.92. The molecule has 1 aliphatic rings. The van der Waals surface area contributed by atoms with Crippen molar-refractivity contribution in [2.75, 3.05) is 6.61 Å². The molecule has 0 spiro atoms. The normalized spacial score (nSPS) is 26.7. The van der Waals surface area contributed by atoms with E-state index in [1.165, 1.54) is 0 Å². The van der Waals surface area contributed by atoms with E-state index in [9.17, 15) is 13.6 Å². The second kappa shape index (κ2) is 2.18. The molecule has 0 N–H and O–H groups in total. The first-order chi connectivity index (χ1) is 4.52.